The topological polar surface area (TPSA) is 42.7 Å². The zero-order valence-electron chi connectivity index (χ0n) is 12.7. The maximum atomic E-state index is 12.0. The number of rotatable bonds is 2. The number of benzene rings is 2. The second-order valence-corrected chi connectivity index (χ2v) is 5.63. The number of ether oxygens (including phenoxy) is 1. The van der Waals surface area contributed by atoms with Gasteiger partial charge in [-0.3, -0.25) is 0 Å². The Hall–Kier alpha value is -2.59. The van der Waals surface area contributed by atoms with Crippen LogP contribution < -0.4 is 10.5 Å². The van der Waals surface area contributed by atoms with Crippen LogP contribution >= 0.6 is 0 Å². The smallest absolute Gasteiger partial charge is 0.338 e. The Morgan fingerprint density at radius 3 is 2.43 bits per heavy atom. The van der Waals surface area contributed by atoms with Gasteiger partial charge in [-0.1, -0.05) is 36.4 Å². The molecule has 0 N–H and O–H groups in total. The first-order valence-electron chi connectivity index (χ1n) is 7.77. The van der Waals surface area contributed by atoms with E-state index in [-0.39, 0.29) is 5.63 Å². The number of anilines is 1. The third-order valence-corrected chi connectivity index (χ3v) is 4.18. The first-order chi connectivity index (χ1) is 11.3. The molecule has 1 aliphatic heterocycles. The van der Waals surface area contributed by atoms with Crippen LogP contribution in [0, 0.1) is 0 Å². The fourth-order valence-corrected chi connectivity index (χ4v) is 3.02. The number of nitrogens with zero attached hydrogens (tertiary/aromatic N) is 1. The van der Waals surface area contributed by atoms with Crippen LogP contribution in [-0.4, -0.2) is 26.3 Å². The monoisotopic (exact) mass is 307 g/mol. The maximum absolute atomic E-state index is 12.0. The van der Waals surface area contributed by atoms with E-state index in [1.54, 1.807) is 6.07 Å². The van der Waals surface area contributed by atoms with Crippen LogP contribution in [0.4, 0.5) is 5.69 Å². The van der Waals surface area contributed by atoms with E-state index in [0.717, 1.165) is 35.3 Å². The molecule has 1 saturated heterocycles. The fourth-order valence-electron chi connectivity index (χ4n) is 3.02. The predicted molar refractivity (Wildman–Crippen MR) is 91.0 cm³/mol. The molecule has 0 saturated carbocycles. The SMILES string of the molecule is O=c1cc(N2CCOCC2)c2ccc(-c3ccccc3)cc2o1. The molecule has 2 aromatic carbocycles. The summed E-state index contributed by atoms with van der Waals surface area (Å²) >= 11 is 0. The summed E-state index contributed by atoms with van der Waals surface area (Å²) in [6.07, 6.45) is 0. The fraction of sp³-hybridized carbons (Fsp3) is 0.211. The minimum absolute atomic E-state index is 0.316. The van der Waals surface area contributed by atoms with E-state index in [9.17, 15) is 4.79 Å². The van der Waals surface area contributed by atoms with Gasteiger partial charge in [-0.15, -0.1) is 0 Å². The van der Waals surface area contributed by atoms with Crippen molar-refractivity contribution in [1.29, 1.82) is 0 Å². The van der Waals surface area contributed by atoms with E-state index < -0.39 is 0 Å². The Balaban J connectivity index is 1.84. The lowest BCUT2D eigenvalue weighted by Gasteiger charge is -2.29. The molecular formula is C19H17NO3. The Morgan fingerprint density at radius 2 is 1.65 bits per heavy atom. The molecule has 0 radical (unpaired) electrons. The van der Waals surface area contributed by atoms with Crippen molar-refractivity contribution in [2.24, 2.45) is 0 Å². The Morgan fingerprint density at radius 1 is 0.870 bits per heavy atom. The molecule has 4 heteroatoms. The highest BCUT2D eigenvalue weighted by molar-refractivity contribution is 5.92. The van der Waals surface area contributed by atoms with Crippen LogP contribution in [0.15, 0.2) is 63.8 Å². The molecule has 0 unspecified atom stereocenters. The van der Waals surface area contributed by atoms with Gasteiger partial charge in [0.2, 0.25) is 0 Å². The van der Waals surface area contributed by atoms with Gasteiger partial charge in [0.1, 0.15) is 5.58 Å². The van der Waals surface area contributed by atoms with E-state index in [1.165, 1.54) is 0 Å². The molecule has 4 rings (SSSR count). The first-order valence-corrected chi connectivity index (χ1v) is 7.77. The van der Waals surface area contributed by atoms with Crippen molar-refractivity contribution in [3.63, 3.8) is 0 Å². The molecule has 1 fully saturated rings. The van der Waals surface area contributed by atoms with Crippen molar-refractivity contribution in [3.05, 3.63) is 65.0 Å². The van der Waals surface area contributed by atoms with Crippen molar-refractivity contribution in [3.8, 4) is 11.1 Å². The van der Waals surface area contributed by atoms with E-state index in [4.69, 9.17) is 9.15 Å². The first kappa shape index (κ1) is 14.0. The molecule has 0 aliphatic carbocycles. The molecule has 1 aliphatic rings. The number of hydrogen-bond donors (Lipinski definition) is 0. The minimum atomic E-state index is -0.316. The summed E-state index contributed by atoms with van der Waals surface area (Å²) in [6, 6.07) is 17.7. The van der Waals surface area contributed by atoms with E-state index >= 15 is 0 Å². The molecule has 0 atom stereocenters. The summed E-state index contributed by atoms with van der Waals surface area (Å²) in [5.41, 5.74) is 3.39. The van der Waals surface area contributed by atoms with Crippen molar-refractivity contribution in [2.75, 3.05) is 31.2 Å². The predicted octanol–water partition coefficient (Wildman–Crippen LogP) is 3.30. The van der Waals surface area contributed by atoms with Gasteiger partial charge in [0.15, 0.2) is 0 Å². The van der Waals surface area contributed by atoms with Crippen molar-refractivity contribution in [1.82, 2.24) is 0 Å². The van der Waals surface area contributed by atoms with Crippen molar-refractivity contribution >= 4 is 16.7 Å². The standard InChI is InChI=1S/C19H17NO3/c21-19-13-17(20-8-10-22-11-9-20)16-7-6-15(12-18(16)23-19)14-4-2-1-3-5-14/h1-7,12-13H,8-11H2. The Kier molecular flexibility index (Phi) is 3.60. The molecule has 116 valence electrons. The largest absolute Gasteiger partial charge is 0.423 e. The lowest BCUT2D eigenvalue weighted by molar-refractivity contribution is 0.123. The zero-order valence-corrected chi connectivity index (χ0v) is 12.7. The summed E-state index contributed by atoms with van der Waals surface area (Å²) in [7, 11) is 0. The second-order valence-electron chi connectivity index (χ2n) is 5.63. The summed E-state index contributed by atoms with van der Waals surface area (Å²) in [5, 5.41) is 0.964. The molecule has 23 heavy (non-hydrogen) atoms. The van der Waals surface area contributed by atoms with Gasteiger partial charge in [-0.05, 0) is 23.3 Å². The van der Waals surface area contributed by atoms with Crippen LogP contribution in [0.25, 0.3) is 22.1 Å². The second kappa shape index (κ2) is 5.89. The third-order valence-electron chi connectivity index (χ3n) is 4.18. The molecule has 0 spiro atoms. The Labute approximate surface area is 133 Å². The summed E-state index contributed by atoms with van der Waals surface area (Å²) in [5.74, 6) is 0. The molecule has 4 nitrogen and oxygen atoms in total. The summed E-state index contributed by atoms with van der Waals surface area (Å²) in [4.78, 5) is 14.2. The highest BCUT2D eigenvalue weighted by Crippen LogP contribution is 2.29. The van der Waals surface area contributed by atoms with Gasteiger partial charge in [-0.25, -0.2) is 4.79 Å². The van der Waals surface area contributed by atoms with Gasteiger partial charge in [0.05, 0.1) is 18.9 Å². The average molecular weight is 307 g/mol. The number of fused-ring (bicyclic) bond motifs is 1. The van der Waals surface area contributed by atoms with Crippen LogP contribution in [0.2, 0.25) is 0 Å². The lowest BCUT2D eigenvalue weighted by Crippen LogP contribution is -2.36. The van der Waals surface area contributed by atoms with Gasteiger partial charge < -0.3 is 14.1 Å². The van der Waals surface area contributed by atoms with Gasteiger partial charge in [0, 0.05) is 24.5 Å². The van der Waals surface area contributed by atoms with Gasteiger partial charge in [-0.2, -0.15) is 0 Å². The van der Waals surface area contributed by atoms with Crippen LogP contribution in [0.3, 0.4) is 0 Å². The van der Waals surface area contributed by atoms with E-state index in [1.807, 2.05) is 42.5 Å². The average Bonchev–Trinajstić information content (AvgIpc) is 2.62. The van der Waals surface area contributed by atoms with E-state index in [0.29, 0.717) is 18.8 Å². The normalized spacial score (nSPS) is 15.0. The molecule has 2 heterocycles. The van der Waals surface area contributed by atoms with Crippen LogP contribution in [0.1, 0.15) is 0 Å². The number of morpholine rings is 1. The van der Waals surface area contributed by atoms with E-state index in [2.05, 4.69) is 11.0 Å². The highest BCUT2D eigenvalue weighted by atomic mass is 16.5. The maximum Gasteiger partial charge on any atom is 0.338 e. The zero-order chi connectivity index (χ0) is 15.6. The van der Waals surface area contributed by atoms with Crippen molar-refractivity contribution in [2.45, 2.75) is 0 Å². The Bertz CT molecular complexity index is 880. The third kappa shape index (κ3) is 2.73. The summed E-state index contributed by atoms with van der Waals surface area (Å²) < 4.78 is 10.8. The van der Waals surface area contributed by atoms with Crippen molar-refractivity contribution < 1.29 is 9.15 Å². The lowest BCUT2D eigenvalue weighted by atomic mass is 10.0. The minimum Gasteiger partial charge on any atom is -0.423 e. The molecule has 1 aromatic heterocycles. The molecule has 0 amide bonds. The quantitative estimate of drug-likeness (QED) is 0.681. The highest BCUT2D eigenvalue weighted by Gasteiger charge is 2.16. The molecular weight excluding hydrogens is 290 g/mol. The van der Waals surface area contributed by atoms with Crippen LogP contribution in [-0.2, 0) is 4.74 Å². The summed E-state index contributed by atoms with van der Waals surface area (Å²) in [6.45, 7) is 2.95. The van der Waals surface area contributed by atoms with Gasteiger partial charge in [0.25, 0.3) is 0 Å². The number of hydrogen-bond acceptors (Lipinski definition) is 4. The van der Waals surface area contributed by atoms with Gasteiger partial charge >= 0.3 is 5.63 Å². The molecule has 0 bridgehead atoms. The molecule has 3 aromatic rings. The van der Waals surface area contributed by atoms with Crippen LogP contribution in [0.5, 0.6) is 0 Å².